The van der Waals surface area contributed by atoms with Crippen LogP contribution in [0.2, 0.25) is 0 Å². The zero-order chi connectivity index (χ0) is 14.1. The molecule has 0 spiro atoms. The first-order valence-electron chi connectivity index (χ1n) is 6.77. The van der Waals surface area contributed by atoms with Gasteiger partial charge in [0.2, 0.25) is 5.91 Å². The first-order chi connectivity index (χ1) is 9.09. The molecular weight excluding hydrogens is 240 g/mol. The minimum atomic E-state index is -0.391. The molecule has 0 atom stereocenters. The average molecular weight is 264 g/mol. The Balaban J connectivity index is 2.11. The minimum absolute atomic E-state index is 0.391. The van der Waals surface area contributed by atoms with Gasteiger partial charge in [0.15, 0.2) is 0 Å². The molecule has 0 heterocycles. The molecule has 106 valence electrons. The Morgan fingerprint density at radius 1 is 1.26 bits per heavy atom. The summed E-state index contributed by atoms with van der Waals surface area (Å²) in [4.78, 5) is 10.9. The normalized spacial score (nSPS) is 10.9. The Labute approximate surface area is 115 Å². The number of nitrogens with one attached hydrogen (secondary N) is 1. The van der Waals surface area contributed by atoms with Gasteiger partial charge in [-0.05, 0) is 30.0 Å². The molecule has 0 unspecified atom stereocenters. The summed E-state index contributed by atoms with van der Waals surface area (Å²) in [7, 11) is 0. The molecule has 0 fully saturated rings. The zero-order valence-electron chi connectivity index (χ0n) is 11.8. The number of ether oxygens (including phenoxy) is 1. The number of hydrogen-bond donors (Lipinski definition) is 2. The lowest BCUT2D eigenvalue weighted by atomic mass is 10.1. The number of carbonyl (C=O) groups is 1. The van der Waals surface area contributed by atoms with Gasteiger partial charge in [-0.3, -0.25) is 4.79 Å². The molecule has 1 aromatic rings. The van der Waals surface area contributed by atoms with Crippen LogP contribution in [0.5, 0.6) is 0 Å². The third kappa shape index (κ3) is 6.94. The second-order valence-electron chi connectivity index (χ2n) is 5.03. The van der Waals surface area contributed by atoms with Crippen molar-refractivity contribution in [1.82, 2.24) is 5.32 Å². The Bertz CT molecular complexity index is 374. The van der Waals surface area contributed by atoms with E-state index in [0.29, 0.717) is 11.5 Å². The molecule has 1 rings (SSSR count). The van der Waals surface area contributed by atoms with Gasteiger partial charge in [0.05, 0.1) is 6.61 Å². The van der Waals surface area contributed by atoms with E-state index in [-0.39, 0.29) is 0 Å². The summed E-state index contributed by atoms with van der Waals surface area (Å²) in [5.41, 5.74) is 6.86. The number of carbonyl (C=O) groups excluding carboxylic acids is 1. The highest BCUT2D eigenvalue weighted by molar-refractivity contribution is 5.92. The zero-order valence-corrected chi connectivity index (χ0v) is 11.8. The van der Waals surface area contributed by atoms with E-state index >= 15 is 0 Å². The number of primary amides is 1. The van der Waals surface area contributed by atoms with Gasteiger partial charge < -0.3 is 15.8 Å². The van der Waals surface area contributed by atoms with E-state index in [2.05, 4.69) is 19.2 Å². The first kappa shape index (κ1) is 15.7. The molecule has 4 heteroatoms. The average Bonchev–Trinajstić information content (AvgIpc) is 2.38. The summed E-state index contributed by atoms with van der Waals surface area (Å²) in [6.45, 7) is 7.54. The maximum Gasteiger partial charge on any atom is 0.248 e. The van der Waals surface area contributed by atoms with Gasteiger partial charge in [-0.2, -0.15) is 0 Å². The van der Waals surface area contributed by atoms with Crippen LogP contribution in [-0.2, 0) is 11.3 Å². The SMILES string of the molecule is CC(C)CCOCCNCc1ccc(C(N)=O)cc1. The van der Waals surface area contributed by atoms with Crippen molar-refractivity contribution in [1.29, 1.82) is 0 Å². The second kappa shape index (κ2) is 8.67. The van der Waals surface area contributed by atoms with Crippen LogP contribution < -0.4 is 11.1 Å². The van der Waals surface area contributed by atoms with Crippen LogP contribution in [0.4, 0.5) is 0 Å². The van der Waals surface area contributed by atoms with Gasteiger partial charge in [0.25, 0.3) is 0 Å². The van der Waals surface area contributed by atoms with E-state index in [4.69, 9.17) is 10.5 Å². The predicted octanol–water partition coefficient (Wildman–Crippen LogP) is 1.94. The Morgan fingerprint density at radius 2 is 1.95 bits per heavy atom. The summed E-state index contributed by atoms with van der Waals surface area (Å²) in [6.07, 6.45) is 1.11. The van der Waals surface area contributed by atoms with Gasteiger partial charge in [0.1, 0.15) is 0 Å². The van der Waals surface area contributed by atoms with E-state index in [1.54, 1.807) is 12.1 Å². The Hall–Kier alpha value is -1.39. The highest BCUT2D eigenvalue weighted by Gasteiger charge is 1.99. The van der Waals surface area contributed by atoms with Gasteiger partial charge in [-0.1, -0.05) is 26.0 Å². The quantitative estimate of drug-likeness (QED) is 0.670. The fourth-order valence-corrected chi connectivity index (χ4v) is 1.59. The maximum absolute atomic E-state index is 10.9. The van der Waals surface area contributed by atoms with E-state index in [9.17, 15) is 4.79 Å². The van der Waals surface area contributed by atoms with E-state index < -0.39 is 5.91 Å². The second-order valence-corrected chi connectivity index (χ2v) is 5.03. The molecule has 0 aromatic heterocycles. The predicted molar refractivity (Wildman–Crippen MR) is 76.9 cm³/mol. The van der Waals surface area contributed by atoms with Crippen molar-refractivity contribution in [3.63, 3.8) is 0 Å². The van der Waals surface area contributed by atoms with Crippen molar-refractivity contribution >= 4 is 5.91 Å². The fourth-order valence-electron chi connectivity index (χ4n) is 1.59. The molecular formula is C15H24N2O2. The number of rotatable bonds is 9. The monoisotopic (exact) mass is 264 g/mol. The van der Waals surface area contributed by atoms with Gasteiger partial charge in [0, 0.05) is 25.3 Å². The van der Waals surface area contributed by atoms with Crippen molar-refractivity contribution < 1.29 is 9.53 Å². The van der Waals surface area contributed by atoms with Crippen LogP contribution in [0, 0.1) is 5.92 Å². The molecule has 0 saturated heterocycles. The van der Waals surface area contributed by atoms with Crippen molar-refractivity contribution in [3.05, 3.63) is 35.4 Å². The molecule has 0 aliphatic heterocycles. The molecule has 19 heavy (non-hydrogen) atoms. The summed E-state index contributed by atoms with van der Waals surface area (Å²) >= 11 is 0. The molecule has 4 nitrogen and oxygen atoms in total. The lowest BCUT2D eigenvalue weighted by molar-refractivity contribution is 0.100. The fraction of sp³-hybridized carbons (Fsp3) is 0.533. The summed E-state index contributed by atoms with van der Waals surface area (Å²) in [6, 6.07) is 7.32. The highest BCUT2D eigenvalue weighted by Crippen LogP contribution is 2.03. The lowest BCUT2D eigenvalue weighted by Gasteiger charge is -2.08. The molecule has 0 aliphatic rings. The Morgan fingerprint density at radius 3 is 2.53 bits per heavy atom. The van der Waals surface area contributed by atoms with E-state index in [1.807, 2.05) is 12.1 Å². The third-order valence-electron chi connectivity index (χ3n) is 2.83. The molecule has 3 N–H and O–H groups in total. The van der Waals surface area contributed by atoms with Crippen LogP contribution in [0.15, 0.2) is 24.3 Å². The van der Waals surface area contributed by atoms with Crippen LogP contribution in [0.25, 0.3) is 0 Å². The van der Waals surface area contributed by atoms with Gasteiger partial charge in [-0.15, -0.1) is 0 Å². The molecule has 1 amide bonds. The molecule has 0 radical (unpaired) electrons. The third-order valence-corrected chi connectivity index (χ3v) is 2.83. The van der Waals surface area contributed by atoms with Gasteiger partial charge in [-0.25, -0.2) is 0 Å². The molecule has 0 bridgehead atoms. The molecule has 1 aromatic carbocycles. The topological polar surface area (TPSA) is 64.3 Å². The van der Waals surface area contributed by atoms with Crippen molar-refractivity contribution in [2.24, 2.45) is 11.7 Å². The van der Waals surface area contributed by atoms with E-state index in [1.165, 1.54) is 0 Å². The minimum Gasteiger partial charge on any atom is -0.380 e. The van der Waals surface area contributed by atoms with Crippen molar-refractivity contribution in [3.8, 4) is 0 Å². The van der Waals surface area contributed by atoms with Crippen LogP contribution >= 0.6 is 0 Å². The number of amides is 1. The van der Waals surface area contributed by atoms with Gasteiger partial charge >= 0.3 is 0 Å². The summed E-state index contributed by atoms with van der Waals surface area (Å²) in [5.74, 6) is 0.301. The Kier molecular flexibility index (Phi) is 7.15. The highest BCUT2D eigenvalue weighted by atomic mass is 16.5. The summed E-state index contributed by atoms with van der Waals surface area (Å²) < 4.78 is 5.51. The number of benzene rings is 1. The van der Waals surface area contributed by atoms with Crippen molar-refractivity contribution in [2.75, 3.05) is 19.8 Å². The van der Waals surface area contributed by atoms with Crippen molar-refractivity contribution in [2.45, 2.75) is 26.8 Å². The van der Waals surface area contributed by atoms with Crippen LogP contribution in [-0.4, -0.2) is 25.7 Å². The smallest absolute Gasteiger partial charge is 0.248 e. The first-order valence-corrected chi connectivity index (χ1v) is 6.77. The molecule has 0 saturated carbocycles. The largest absolute Gasteiger partial charge is 0.380 e. The number of hydrogen-bond acceptors (Lipinski definition) is 3. The molecule has 0 aliphatic carbocycles. The van der Waals surface area contributed by atoms with E-state index in [0.717, 1.165) is 38.3 Å². The lowest BCUT2D eigenvalue weighted by Crippen LogP contribution is -2.20. The van der Waals surface area contributed by atoms with Crippen LogP contribution in [0.3, 0.4) is 0 Å². The summed E-state index contributed by atoms with van der Waals surface area (Å²) in [5, 5.41) is 3.30. The maximum atomic E-state index is 10.9. The van der Waals surface area contributed by atoms with Crippen LogP contribution in [0.1, 0.15) is 36.2 Å². The number of nitrogens with two attached hydrogens (primary N) is 1. The standard InChI is InChI=1S/C15H24N2O2/c1-12(2)7-9-19-10-8-17-11-13-3-5-14(6-4-13)15(16)18/h3-6,12,17H,7-11H2,1-2H3,(H2,16,18).